The maximum Gasteiger partial charge on any atom is 0.320 e. The van der Waals surface area contributed by atoms with Crippen LogP contribution in [0.15, 0.2) is 65.2 Å². The molecule has 0 aliphatic heterocycles. The third-order valence-electron chi connectivity index (χ3n) is 3.52. The van der Waals surface area contributed by atoms with Crippen LogP contribution in [0.1, 0.15) is 11.7 Å². The van der Waals surface area contributed by atoms with Crippen LogP contribution in [0.25, 0.3) is 11.3 Å². The van der Waals surface area contributed by atoms with E-state index in [4.69, 9.17) is 4.52 Å². The van der Waals surface area contributed by atoms with E-state index in [0.29, 0.717) is 11.3 Å². The fourth-order valence-electron chi connectivity index (χ4n) is 2.23. The van der Waals surface area contributed by atoms with Crippen LogP contribution < -0.4 is 10.6 Å². The number of nitrogens with one attached hydrogen (secondary N) is 2. The summed E-state index contributed by atoms with van der Waals surface area (Å²) in [5, 5.41) is 18.8. The Kier molecular flexibility index (Phi) is 5.06. The molecule has 0 aliphatic carbocycles. The first-order valence-corrected chi connectivity index (χ1v) is 7.62. The van der Waals surface area contributed by atoms with Crippen LogP contribution in [0.2, 0.25) is 0 Å². The summed E-state index contributed by atoms with van der Waals surface area (Å²) in [6.07, 6.45) is -0.941. The van der Waals surface area contributed by atoms with Crippen LogP contribution in [0, 0.1) is 5.82 Å². The number of rotatable bonds is 5. The second kappa shape index (κ2) is 7.59. The molecule has 2 aromatic carbocycles. The minimum atomic E-state index is -0.941. The number of benzene rings is 2. The summed E-state index contributed by atoms with van der Waals surface area (Å²) in [4.78, 5) is 11.9. The fourth-order valence-corrected chi connectivity index (χ4v) is 2.23. The Morgan fingerprint density at radius 1 is 1.16 bits per heavy atom. The molecular formula is C18H16FN3O3. The van der Waals surface area contributed by atoms with Crippen molar-refractivity contribution in [2.75, 3.05) is 11.9 Å². The molecule has 1 atom stereocenters. The number of amides is 2. The summed E-state index contributed by atoms with van der Waals surface area (Å²) in [6, 6.07) is 15.8. The molecule has 2 amide bonds. The highest BCUT2D eigenvalue weighted by atomic mass is 19.1. The molecule has 1 aromatic heterocycles. The van der Waals surface area contributed by atoms with Crippen molar-refractivity contribution >= 4 is 11.8 Å². The number of aromatic nitrogens is 1. The number of aliphatic hydroxyl groups excluding tert-OH is 1. The third kappa shape index (κ3) is 4.42. The molecule has 25 heavy (non-hydrogen) atoms. The topological polar surface area (TPSA) is 87.4 Å². The second-order valence-corrected chi connectivity index (χ2v) is 5.34. The van der Waals surface area contributed by atoms with Gasteiger partial charge in [-0.15, -0.1) is 0 Å². The first-order chi connectivity index (χ1) is 12.1. The Morgan fingerprint density at radius 2 is 1.88 bits per heavy atom. The van der Waals surface area contributed by atoms with E-state index in [0.717, 1.165) is 5.56 Å². The second-order valence-electron chi connectivity index (χ2n) is 5.34. The minimum Gasteiger partial charge on any atom is -0.387 e. The standard InChI is InChI=1S/C18H16FN3O3/c19-14-8-6-12(7-9-14)15(23)11-20-18(24)21-17-10-16(25-22-17)13-4-2-1-3-5-13/h1-10,15,23H,11H2,(H2,20,21,22,24). The van der Waals surface area contributed by atoms with Gasteiger partial charge in [-0.2, -0.15) is 0 Å². The minimum absolute atomic E-state index is 0.0269. The van der Waals surface area contributed by atoms with Gasteiger partial charge in [0.15, 0.2) is 11.6 Å². The number of hydrogen-bond acceptors (Lipinski definition) is 4. The molecule has 0 aliphatic rings. The highest BCUT2D eigenvalue weighted by Crippen LogP contribution is 2.21. The molecule has 6 nitrogen and oxygen atoms in total. The summed E-state index contributed by atoms with van der Waals surface area (Å²) in [5.74, 6) is 0.400. The molecule has 0 spiro atoms. The molecule has 0 fully saturated rings. The van der Waals surface area contributed by atoms with E-state index in [1.54, 1.807) is 6.07 Å². The Balaban J connectivity index is 1.53. The Hall–Kier alpha value is -3.19. The molecule has 7 heteroatoms. The van der Waals surface area contributed by atoms with Crippen LogP contribution in [0.5, 0.6) is 0 Å². The van der Waals surface area contributed by atoms with Crippen molar-refractivity contribution in [1.82, 2.24) is 10.5 Å². The quantitative estimate of drug-likeness (QED) is 0.664. The molecule has 0 saturated carbocycles. The predicted molar refractivity (Wildman–Crippen MR) is 90.3 cm³/mol. The van der Waals surface area contributed by atoms with E-state index in [1.165, 1.54) is 24.3 Å². The lowest BCUT2D eigenvalue weighted by Gasteiger charge is -2.12. The largest absolute Gasteiger partial charge is 0.387 e. The SMILES string of the molecule is O=C(NCC(O)c1ccc(F)cc1)Nc1cc(-c2ccccc2)on1. The number of aliphatic hydroxyl groups is 1. The number of nitrogens with zero attached hydrogens (tertiary/aromatic N) is 1. The molecule has 0 saturated heterocycles. The van der Waals surface area contributed by atoms with Gasteiger partial charge < -0.3 is 14.9 Å². The predicted octanol–water partition coefficient (Wildman–Crippen LogP) is 3.34. The maximum absolute atomic E-state index is 12.9. The van der Waals surface area contributed by atoms with Gasteiger partial charge in [0.2, 0.25) is 0 Å². The Morgan fingerprint density at radius 3 is 2.60 bits per heavy atom. The van der Waals surface area contributed by atoms with Crippen molar-refractivity contribution in [3.63, 3.8) is 0 Å². The number of carbonyl (C=O) groups excluding carboxylic acids is 1. The van der Waals surface area contributed by atoms with E-state index >= 15 is 0 Å². The van der Waals surface area contributed by atoms with Crippen molar-refractivity contribution < 1.29 is 18.8 Å². The highest BCUT2D eigenvalue weighted by molar-refractivity contribution is 5.88. The first-order valence-electron chi connectivity index (χ1n) is 7.62. The van der Waals surface area contributed by atoms with E-state index in [9.17, 15) is 14.3 Å². The van der Waals surface area contributed by atoms with Gasteiger partial charge in [0.1, 0.15) is 5.82 Å². The van der Waals surface area contributed by atoms with Gasteiger partial charge in [-0.25, -0.2) is 9.18 Å². The zero-order chi connectivity index (χ0) is 17.6. The lowest BCUT2D eigenvalue weighted by molar-refractivity contribution is 0.175. The van der Waals surface area contributed by atoms with Crippen molar-refractivity contribution in [3.8, 4) is 11.3 Å². The smallest absolute Gasteiger partial charge is 0.320 e. The molecule has 0 radical (unpaired) electrons. The number of carbonyl (C=O) groups is 1. The van der Waals surface area contributed by atoms with Gasteiger partial charge >= 0.3 is 6.03 Å². The van der Waals surface area contributed by atoms with Crippen LogP contribution in [0.4, 0.5) is 15.0 Å². The van der Waals surface area contributed by atoms with Crippen LogP contribution >= 0.6 is 0 Å². The van der Waals surface area contributed by atoms with Crippen molar-refractivity contribution in [2.45, 2.75) is 6.10 Å². The van der Waals surface area contributed by atoms with Crippen molar-refractivity contribution in [3.05, 3.63) is 72.0 Å². The van der Waals surface area contributed by atoms with Gasteiger partial charge in [-0.05, 0) is 17.7 Å². The summed E-state index contributed by atoms with van der Waals surface area (Å²) in [7, 11) is 0. The molecule has 1 unspecified atom stereocenters. The van der Waals surface area contributed by atoms with Crippen molar-refractivity contribution in [1.29, 1.82) is 0 Å². The molecule has 128 valence electrons. The average Bonchev–Trinajstić information content (AvgIpc) is 3.09. The zero-order valence-corrected chi connectivity index (χ0v) is 13.1. The zero-order valence-electron chi connectivity index (χ0n) is 13.1. The summed E-state index contributed by atoms with van der Waals surface area (Å²) in [5.41, 5.74) is 1.35. The molecule has 3 aromatic rings. The van der Waals surface area contributed by atoms with E-state index in [1.807, 2.05) is 30.3 Å². The number of anilines is 1. The number of hydrogen-bond donors (Lipinski definition) is 3. The molecule has 1 heterocycles. The average molecular weight is 341 g/mol. The Bertz CT molecular complexity index is 834. The highest BCUT2D eigenvalue weighted by Gasteiger charge is 2.12. The molecular weight excluding hydrogens is 325 g/mol. The molecule has 3 rings (SSSR count). The van der Waals surface area contributed by atoms with E-state index < -0.39 is 12.1 Å². The van der Waals surface area contributed by atoms with Gasteiger partial charge in [0.05, 0.1) is 6.10 Å². The lowest BCUT2D eigenvalue weighted by Crippen LogP contribution is -2.32. The van der Waals surface area contributed by atoms with Crippen LogP contribution in [-0.4, -0.2) is 22.8 Å². The monoisotopic (exact) mass is 341 g/mol. The first kappa shape index (κ1) is 16.7. The van der Waals surface area contributed by atoms with Crippen LogP contribution in [0.3, 0.4) is 0 Å². The van der Waals surface area contributed by atoms with Gasteiger partial charge in [-0.3, -0.25) is 5.32 Å². The van der Waals surface area contributed by atoms with Crippen molar-refractivity contribution in [2.24, 2.45) is 0 Å². The van der Waals surface area contributed by atoms with E-state index in [-0.39, 0.29) is 18.2 Å². The molecule has 0 bridgehead atoms. The number of halogens is 1. The maximum atomic E-state index is 12.9. The third-order valence-corrected chi connectivity index (χ3v) is 3.52. The van der Waals surface area contributed by atoms with E-state index in [2.05, 4.69) is 15.8 Å². The van der Waals surface area contributed by atoms with Gasteiger partial charge in [0, 0.05) is 18.2 Å². The summed E-state index contributed by atoms with van der Waals surface area (Å²) in [6.45, 7) is -0.0269. The lowest BCUT2D eigenvalue weighted by atomic mass is 10.1. The fraction of sp³-hybridized carbons (Fsp3) is 0.111. The van der Waals surface area contributed by atoms with Crippen LogP contribution in [-0.2, 0) is 0 Å². The Labute approximate surface area is 143 Å². The normalized spacial score (nSPS) is 11.8. The summed E-state index contributed by atoms with van der Waals surface area (Å²) < 4.78 is 18.0. The molecule has 3 N–H and O–H groups in total. The van der Waals surface area contributed by atoms with Gasteiger partial charge in [0.25, 0.3) is 0 Å². The summed E-state index contributed by atoms with van der Waals surface area (Å²) >= 11 is 0. The van der Waals surface area contributed by atoms with Gasteiger partial charge in [-0.1, -0.05) is 47.6 Å². The number of urea groups is 1.